The van der Waals surface area contributed by atoms with E-state index in [0.717, 1.165) is 7.53 Å². The molecule has 0 unspecified atom stereocenters. The molecule has 0 aliphatic rings. The van der Waals surface area contributed by atoms with Gasteiger partial charge in [0, 0.05) is 0 Å². The maximum absolute atomic E-state index is 14.2. The fourth-order valence-corrected chi connectivity index (χ4v) is 11.9. The van der Waals surface area contributed by atoms with Crippen LogP contribution in [0.25, 0.3) is 22.3 Å². The zero-order valence-electron chi connectivity index (χ0n) is 42.5. The van der Waals surface area contributed by atoms with Crippen molar-refractivity contribution in [2.75, 3.05) is 0 Å². The van der Waals surface area contributed by atoms with Gasteiger partial charge in [0.15, 0.2) is 0 Å². The number of halogens is 25. The normalized spacial score (nSPS) is 13.3. The number of benzene rings is 6. The van der Waals surface area contributed by atoms with Gasteiger partial charge in [-0.05, 0) is 97.5 Å². The molecule has 0 amide bonds. The minimum Gasteiger partial charge on any atom is -0.426 e. The van der Waals surface area contributed by atoms with Crippen LogP contribution in [0.2, 0.25) is 0 Å². The first-order valence-electron chi connectivity index (χ1n) is 23.6. The van der Waals surface area contributed by atoms with E-state index in [4.69, 9.17) is 8.83 Å². The third-order valence-corrected chi connectivity index (χ3v) is 16.3. The lowest BCUT2D eigenvalue weighted by Gasteiger charge is -2.46. The van der Waals surface area contributed by atoms with Gasteiger partial charge in [-0.2, -0.15) is 127 Å². The van der Waals surface area contributed by atoms with Crippen molar-refractivity contribution in [2.24, 2.45) is 0 Å². The molecule has 0 bridgehead atoms. The topological polar surface area (TPSA) is 26.3 Å². The molecule has 8 aromatic rings. The lowest BCUT2D eigenvalue weighted by Crippen LogP contribution is -3.61. The molecule has 0 fully saturated rings. The van der Waals surface area contributed by atoms with Gasteiger partial charge in [0.2, 0.25) is 0 Å². The highest BCUT2D eigenvalue weighted by Crippen LogP contribution is 2.42. The van der Waals surface area contributed by atoms with Crippen molar-refractivity contribution in [2.45, 2.75) is 77.1 Å². The summed E-state index contributed by atoms with van der Waals surface area (Å²) in [4.78, 5) is 0. The van der Waals surface area contributed by atoms with Crippen molar-refractivity contribution in [3.8, 4) is 22.3 Å². The Labute approximate surface area is 469 Å². The predicted molar refractivity (Wildman–Crippen MR) is 255 cm³/mol. The Morgan fingerprint density at radius 3 is 0.702 bits per heavy atom. The molecule has 0 atom stereocenters. The van der Waals surface area contributed by atoms with E-state index in [-0.39, 0.29) is 0 Å². The first kappa shape index (κ1) is 64.6. The molecule has 2 heterocycles. The molecule has 0 saturated heterocycles. The van der Waals surface area contributed by atoms with Gasteiger partial charge in [-0.15, -0.1) is 0 Å². The van der Waals surface area contributed by atoms with Crippen LogP contribution in [0.15, 0.2) is 143 Å². The van der Waals surface area contributed by atoms with Crippen molar-refractivity contribution in [3.63, 3.8) is 0 Å². The molecular formula is C56H34BF24IO2. The summed E-state index contributed by atoms with van der Waals surface area (Å²) in [6, 6.07) is 8.23. The summed E-state index contributed by atoms with van der Waals surface area (Å²) in [6.45, 7) is 8.65. The van der Waals surface area contributed by atoms with Crippen molar-refractivity contribution < 1.29 is 135 Å². The minimum absolute atomic E-state index is 0.570. The lowest BCUT2D eigenvalue weighted by atomic mass is 9.12. The molecule has 8 rings (SSSR count). The Balaban J connectivity index is 0.000000309. The van der Waals surface area contributed by atoms with E-state index in [1.165, 1.54) is 44.5 Å². The second-order valence-corrected chi connectivity index (χ2v) is 21.5. The third kappa shape index (κ3) is 13.7. The van der Waals surface area contributed by atoms with Crippen LogP contribution in [0.1, 0.15) is 66.8 Å². The maximum atomic E-state index is 14.2. The average Bonchev–Trinajstić information content (AvgIpc) is 0.865. The number of rotatable bonds is 8. The van der Waals surface area contributed by atoms with Gasteiger partial charge in [0.1, 0.15) is 6.15 Å². The SMILES string of the molecule is Cc1cccc(-c2ccoc2[I+]c2occc2-c2cccc(C)c2C)c1C.FC(F)(F)c1cc([B-](c2cc(C(F)(F)F)cc(C(F)(F)F)c2)(c2cc(C(F)(F)F)cc(C(F)(F)F)c2)c2cc(C(F)(F)F)cc(C(F)(F)F)c2)cc(C(F)(F)F)c1. The third-order valence-electron chi connectivity index (χ3n) is 13.6. The number of aryl methyl sites for hydroxylation is 2. The molecule has 2 nitrogen and oxygen atoms in total. The van der Waals surface area contributed by atoms with E-state index in [2.05, 4.69) is 76.2 Å². The summed E-state index contributed by atoms with van der Waals surface area (Å²) >= 11 is -0.570. The van der Waals surface area contributed by atoms with E-state index in [9.17, 15) is 105 Å². The molecule has 0 radical (unpaired) electrons. The van der Waals surface area contributed by atoms with Gasteiger partial charge < -0.3 is 8.83 Å². The van der Waals surface area contributed by atoms with Crippen LogP contribution in [-0.2, 0) is 49.4 Å². The zero-order chi connectivity index (χ0) is 62.9. The van der Waals surface area contributed by atoms with Crippen molar-refractivity contribution >= 4 is 28.0 Å². The first-order valence-corrected chi connectivity index (χ1v) is 25.8. The molecule has 0 saturated carbocycles. The van der Waals surface area contributed by atoms with Crippen LogP contribution in [0.5, 0.6) is 0 Å². The standard InChI is InChI=1S/C32H12BF24.C24H22IO2/c34-25(35,36)13-1-14(26(37,38)39)6-21(5-13)33(22-7-15(27(40,41)42)2-16(8-22)28(43,44)45,23-9-17(29(46,47)48)3-18(10-23)30(49,50)51)24-11-19(31(52,53)54)4-20(12-24)32(55,56)57;1-15-7-5-9-19(17(15)3)21-11-13-26-23(21)25-24-22(12-14-27-24)20-10-6-8-16(2)18(20)4/h1-12H;5-14H,1-4H3/q-1;+1. The molecular weight excluding hydrogens is 1300 g/mol. The Morgan fingerprint density at radius 2 is 0.500 bits per heavy atom. The second-order valence-electron chi connectivity index (χ2n) is 19.0. The number of alkyl halides is 24. The highest BCUT2D eigenvalue weighted by molar-refractivity contribution is 7.20. The Hall–Kier alpha value is -7.01. The van der Waals surface area contributed by atoms with Crippen LogP contribution < -0.4 is 43.1 Å². The van der Waals surface area contributed by atoms with Crippen LogP contribution in [0.3, 0.4) is 0 Å². The van der Waals surface area contributed by atoms with E-state index < -0.39 is 216 Å². The summed E-state index contributed by atoms with van der Waals surface area (Å²) < 4.78 is 355. The first-order chi connectivity index (χ1) is 38.3. The summed E-state index contributed by atoms with van der Waals surface area (Å²) in [5.41, 5.74) is -20.1. The summed E-state index contributed by atoms with van der Waals surface area (Å²) in [6.07, 6.45) is -51.2. The Kier molecular flexibility index (Phi) is 17.2. The summed E-state index contributed by atoms with van der Waals surface area (Å²) in [5, 5.41) is 0. The molecule has 0 spiro atoms. The Bertz CT molecular complexity index is 3190. The van der Waals surface area contributed by atoms with Gasteiger partial charge in [-0.25, -0.2) is 0 Å². The highest BCUT2D eigenvalue weighted by Gasteiger charge is 2.47. The van der Waals surface area contributed by atoms with E-state index >= 15 is 0 Å². The number of hydrogen-bond donors (Lipinski definition) is 0. The zero-order valence-corrected chi connectivity index (χ0v) is 44.7. The van der Waals surface area contributed by atoms with Crippen molar-refractivity contribution in [1.82, 2.24) is 0 Å². The van der Waals surface area contributed by atoms with Crippen molar-refractivity contribution in [1.29, 1.82) is 0 Å². The molecule has 28 heteroatoms. The average molecular weight is 1330 g/mol. The molecule has 0 aliphatic carbocycles. The lowest BCUT2D eigenvalue weighted by molar-refractivity contribution is -0.634. The quantitative estimate of drug-likeness (QED) is 0.0861. The van der Waals surface area contributed by atoms with Crippen LogP contribution in [-0.4, -0.2) is 6.15 Å². The molecule has 0 aliphatic heterocycles. The van der Waals surface area contributed by atoms with Crippen LogP contribution in [0.4, 0.5) is 105 Å². The Morgan fingerprint density at radius 1 is 0.286 bits per heavy atom. The summed E-state index contributed by atoms with van der Waals surface area (Å²) in [7, 11) is 0. The van der Waals surface area contributed by atoms with Crippen LogP contribution in [0, 0.1) is 35.2 Å². The van der Waals surface area contributed by atoms with Gasteiger partial charge in [-0.3, -0.25) is 0 Å². The van der Waals surface area contributed by atoms with E-state index in [1.54, 1.807) is 12.5 Å². The molecule has 84 heavy (non-hydrogen) atoms. The monoisotopic (exact) mass is 1330 g/mol. The van der Waals surface area contributed by atoms with Gasteiger partial charge in [-0.1, -0.05) is 84.9 Å². The van der Waals surface area contributed by atoms with Crippen LogP contribution >= 0.6 is 0 Å². The van der Waals surface area contributed by atoms with E-state index in [1.807, 2.05) is 0 Å². The molecule has 448 valence electrons. The fraction of sp³-hybridized carbons (Fsp3) is 0.214. The summed E-state index contributed by atoms with van der Waals surface area (Å²) in [5.74, 6) is 0. The number of hydrogen-bond acceptors (Lipinski definition) is 2. The van der Waals surface area contributed by atoms with E-state index in [0.29, 0.717) is 0 Å². The number of furan rings is 2. The predicted octanol–water partition coefficient (Wildman–Crippen LogP) is 14.8. The van der Waals surface area contributed by atoms with Gasteiger partial charge in [0.25, 0.3) is 0 Å². The highest BCUT2D eigenvalue weighted by atomic mass is 127. The largest absolute Gasteiger partial charge is 0.444 e. The second kappa shape index (κ2) is 22.4. The van der Waals surface area contributed by atoms with Crippen molar-refractivity contribution in [3.05, 3.63) is 208 Å². The fourth-order valence-electron chi connectivity index (χ4n) is 9.35. The smallest absolute Gasteiger partial charge is 0.426 e. The van der Waals surface area contributed by atoms with Gasteiger partial charge in [0.05, 0.1) is 68.2 Å². The molecule has 2 aromatic heterocycles. The van der Waals surface area contributed by atoms with Gasteiger partial charge >= 0.3 is 78.1 Å². The minimum atomic E-state index is -6.13. The molecule has 6 aromatic carbocycles. The molecule has 0 N–H and O–H groups in total. The maximum Gasteiger partial charge on any atom is 0.444 e.